The lowest BCUT2D eigenvalue weighted by atomic mass is 9.83. The molecule has 0 aromatic carbocycles. The minimum atomic E-state index is -0.231. The molecule has 142 valence electrons. The van der Waals surface area contributed by atoms with E-state index in [1.54, 1.807) is 18.6 Å². The van der Waals surface area contributed by atoms with Crippen molar-refractivity contribution >= 4 is 5.91 Å². The smallest absolute Gasteiger partial charge is 0.232 e. The summed E-state index contributed by atoms with van der Waals surface area (Å²) in [6.07, 6.45) is 8.61. The van der Waals surface area contributed by atoms with Crippen LogP contribution in [0.5, 0.6) is 5.88 Å². The fourth-order valence-corrected chi connectivity index (χ4v) is 4.38. The summed E-state index contributed by atoms with van der Waals surface area (Å²) in [6.45, 7) is 7.39. The van der Waals surface area contributed by atoms with Gasteiger partial charge in [0.05, 0.1) is 25.9 Å². The Morgan fingerprint density at radius 3 is 2.81 bits per heavy atom. The van der Waals surface area contributed by atoms with Gasteiger partial charge in [-0.15, -0.1) is 0 Å². The molecular formula is C19H28N4O3. The zero-order chi connectivity index (χ0) is 18.0. The van der Waals surface area contributed by atoms with Gasteiger partial charge in [-0.3, -0.25) is 9.78 Å². The monoisotopic (exact) mass is 360 g/mol. The predicted molar refractivity (Wildman–Crippen MR) is 95.8 cm³/mol. The third-order valence-electron chi connectivity index (χ3n) is 5.93. The first-order chi connectivity index (χ1) is 12.7. The van der Waals surface area contributed by atoms with Crippen LogP contribution in [0.2, 0.25) is 0 Å². The highest BCUT2D eigenvalue weighted by atomic mass is 16.5. The Labute approximate surface area is 154 Å². The van der Waals surface area contributed by atoms with Crippen LogP contribution >= 0.6 is 0 Å². The number of carbonyl (C=O) groups excluding carboxylic acids is 1. The van der Waals surface area contributed by atoms with E-state index in [1.165, 1.54) is 0 Å². The van der Waals surface area contributed by atoms with Gasteiger partial charge in [0, 0.05) is 31.2 Å². The van der Waals surface area contributed by atoms with Gasteiger partial charge in [0.1, 0.15) is 11.7 Å². The Hall–Kier alpha value is -1.73. The molecular weight excluding hydrogens is 332 g/mol. The summed E-state index contributed by atoms with van der Waals surface area (Å²) in [6, 6.07) is 0. The summed E-state index contributed by atoms with van der Waals surface area (Å²) in [5, 5.41) is 0. The average Bonchev–Trinajstić information content (AvgIpc) is 2.66. The van der Waals surface area contributed by atoms with Crippen LogP contribution in [0.25, 0.3) is 0 Å². The number of rotatable bonds is 4. The number of nitrogens with zero attached hydrogens (tertiary/aromatic N) is 4. The Kier molecular flexibility index (Phi) is 5.09. The van der Waals surface area contributed by atoms with E-state index in [2.05, 4.69) is 21.8 Å². The number of likely N-dealkylation sites (tertiary alicyclic amines) is 2. The predicted octanol–water partition coefficient (Wildman–Crippen LogP) is 1.35. The molecule has 3 saturated heterocycles. The average molecular weight is 360 g/mol. The number of hydrogen-bond acceptors (Lipinski definition) is 6. The molecule has 1 spiro atoms. The standard InChI is InChI=1S/C19H28N4O3/c1-2-22-8-3-15(4-9-22)18(24)23-13-19(14-23)11-16(5-10-25-19)26-17-12-20-6-7-21-17/h6-7,12,15-16H,2-5,8-11,13-14H2,1H3/t16-/m0/s1. The van der Waals surface area contributed by atoms with Gasteiger partial charge in [-0.05, 0) is 32.5 Å². The van der Waals surface area contributed by atoms with Crippen molar-refractivity contribution in [3.63, 3.8) is 0 Å². The van der Waals surface area contributed by atoms with Crippen molar-refractivity contribution < 1.29 is 14.3 Å². The topological polar surface area (TPSA) is 67.8 Å². The lowest BCUT2D eigenvalue weighted by molar-refractivity contribution is -0.196. The zero-order valence-electron chi connectivity index (χ0n) is 15.5. The van der Waals surface area contributed by atoms with E-state index in [4.69, 9.17) is 9.47 Å². The molecule has 3 fully saturated rings. The fourth-order valence-electron chi connectivity index (χ4n) is 4.38. The Morgan fingerprint density at radius 2 is 2.12 bits per heavy atom. The van der Waals surface area contributed by atoms with E-state index in [1.807, 2.05) is 4.90 Å². The second-order valence-electron chi connectivity index (χ2n) is 7.71. The first kappa shape index (κ1) is 17.7. The molecule has 0 unspecified atom stereocenters. The van der Waals surface area contributed by atoms with E-state index in [9.17, 15) is 4.79 Å². The largest absolute Gasteiger partial charge is 0.473 e. The van der Waals surface area contributed by atoms with Crippen molar-refractivity contribution in [1.29, 1.82) is 0 Å². The number of piperidine rings is 1. The summed E-state index contributed by atoms with van der Waals surface area (Å²) in [5.41, 5.74) is -0.231. The van der Waals surface area contributed by atoms with Crippen LogP contribution in [-0.2, 0) is 9.53 Å². The van der Waals surface area contributed by atoms with Gasteiger partial charge in [0.15, 0.2) is 0 Å². The van der Waals surface area contributed by atoms with Crippen molar-refractivity contribution in [2.75, 3.05) is 39.3 Å². The van der Waals surface area contributed by atoms with Crippen LogP contribution in [0.3, 0.4) is 0 Å². The lowest BCUT2D eigenvalue weighted by Gasteiger charge is -2.53. The summed E-state index contributed by atoms with van der Waals surface area (Å²) < 4.78 is 12.0. The number of amides is 1. The molecule has 4 rings (SSSR count). The van der Waals surface area contributed by atoms with E-state index >= 15 is 0 Å². The van der Waals surface area contributed by atoms with Crippen LogP contribution in [0, 0.1) is 5.92 Å². The molecule has 0 N–H and O–H groups in total. The van der Waals surface area contributed by atoms with Crippen molar-refractivity contribution in [1.82, 2.24) is 19.8 Å². The number of hydrogen-bond donors (Lipinski definition) is 0. The Balaban J connectivity index is 1.28. The van der Waals surface area contributed by atoms with Gasteiger partial charge in [-0.25, -0.2) is 4.98 Å². The summed E-state index contributed by atoms with van der Waals surface area (Å²) in [4.78, 5) is 25.4. The number of carbonyl (C=O) groups is 1. The molecule has 0 bridgehead atoms. The molecule has 7 heteroatoms. The van der Waals surface area contributed by atoms with Crippen LogP contribution in [0.15, 0.2) is 18.6 Å². The van der Waals surface area contributed by atoms with Gasteiger partial charge in [-0.2, -0.15) is 0 Å². The Bertz CT molecular complexity index is 612. The normalized spacial score (nSPS) is 26.5. The summed E-state index contributed by atoms with van der Waals surface area (Å²) in [7, 11) is 0. The van der Waals surface area contributed by atoms with E-state index in [-0.39, 0.29) is 17.6 Å². The van der Waals surface area contributed by atoms with Crippen LogP contribution in [0.1, 0.15) is 32.6 Å². The van der Waals surface area contributed by atoms with Gasteiger partial charge >= 0.3 is 0 Å². The Morgan fingerprint density at radius 1 is 1.31 bits per heavy atom. The van der Waals surface area contributed by atoms with Gasteiger partial charge < -0.3 is 19.3 Å². The van der Waals surface area contributed by atoms with Gasteiger partial charge in [-0.1, -0.05) is 6.92 Å². The molecule has 3 aliphatic rings. The maximum absolute atomic E-state index is 12.8. The second kappa shape index (κ2) is 7.48. The van der Waals surface area contributed by atoms with Gasteiger partial charge in [0.2, 0.25) is 11.8 Å². The molecule has 1 aromatic rings. The van der Waals surface area contributed by atoms with Crippen LogP contribution < -0.4 is 4.74 Å². The minimum absolute atomic E-state index is 0.0745. The van der Waals surface area contributed by atoms with Crippen molar-refractivity contribution in [2.45, 2.75) is 44.3 Å². The molecule has 0 aliphatic carbocycles. The van der Waals surface area contributed by atoms with E-state index in [0.29, 0.717) is 31.5 Å². The van der Waals surface area contributed by atoms with Crippen molar-refractivity contribution in [3.05, 3.63) is 18.6 Å². The van der Waals surface area contributed by atoms with E-state index < -0.39 is 0 Å². The second-order valence-corrected chi connectivity index (χ2v) is 7.71. The van der Waals surface area contributed by atoms with Crippen LogP contribution in [-0.4, -0.2) is 76.7 Å². The molecule has 0 saturated carbocycles. The molecule has 0 radical (unpaired) electrons. The first-order valence-electron chi connectivity index (χ1n) is 9.75. The number of aromatic nitrogens is 2. The van der Waals surface area contributed by atoms with Gasteiger partial charge in [0.25, 0.3) is 0 Å². The quantitative estimate of drug-likeness (QED) is 0.807. The lowest BCUT2D eigenvalue weighted by Crippen LogP contribution is -2.68. The number of ether oxygens (including phenoxy) is 2. The molecule has 1 aromatic heterocycles. The molecule has 7 nitrogen and oxygen atoms in total. The highest BCUT2D eigenvalue weighted by Gasteiger charge is 2.50. The SMILES string of the molecule is CCN1CCC(C(=O)N2CC3(C[C@@H](Oc4cnccn4)CCO3)C2)CC1. The molecule has 4 heterocycles. The maximum atomic E-state index is 12.8. The zero-order valence-corrected chi connectivity index (χ0v) is 15.5. The molecule has 1 atom stereocenters. The van der Waals surface area contributed by atoms with Crippen molar-refractivity contribution in [2.24, 2.45) is 5.92 Å². The summed E-state index contributed by atoms with van der Waals surface area (Å²) in [5.74, 6) is 1.06. The fraction of sp³-hybridized carbons (Fsp3) is 0.737. The molecule has 3 aliphatic heterocycles. The first-order valence-corrected chi connectivity index (χ1v) is 9.75. The van der Waals surface area contributed by atoms with Crippen LogP contribution in [0.4, 0.5) is 0 Å². The highest BCUT2D eigenvalue weighted by Crippen LogP contribution is 2.37. The third kappa shape index (κ3) is 3.69. The van der Waals surface area contributed by atoms with E-state index in [0.717, 1.165) is 45.3 Å². The highest BCUT2D eigenvalue weighted by molar-refractivity contribution is 5.80. The minimum Gasteiger partial charge on any atom is -0.473 e. The third-order valence-corrected chi connectivity index (χ3v) is 5.93. The van der Waals surface area contributed by atoms with Crippen molar-refractivity contribution in [3.8, 4) is 5.88 Å². The molecule has 1 amide bonds. The maximum Gasteiger partial charge on any atom is 0.232 e. The molecule has 26 heavy (non-hydrogen) atoms. The summed E-state index contributed by atoms with van der Waals surface area (Å²) >= 11 is 0.